The van der Waals surface area contributed by atoms with Gasteiger partial charge in [-0.25, -0.2) is 0 Å². The molecule has 7 nitrogen and oxygen atoms in total. The minimum absolute atomic E-state index is 0.0341. The fraction of sp³-hybridized carbons (Fsp3) is 0.214. The zero-order valence-corrected chi connectivity index (χ0v) is 22.1. The van der Waals surface area contributed by atoms with Gasteiger partial charge in [0.15, 0.2) is 0 Å². The highest BCUT2D eigenvalue weighted by Crippen LogP contribution is 2.47. The summed E-state index contributed by atoms with van der Waals surface area (Å²) in [6.07, 6.45) is -0.0341. The summed E-state index contributed by atoms with van der Waals surface area (Å²) >= 11 is 12.5. The number of aliphatic hydroxyl groups excluding tert-OH is 1. The Morgan fingerprint density at radius 1 is 0.973 bits per heavy atom. The number of ether oxygens (including phenoxy) is 3. The fourth-order valence-electron chi connectivity index (χ4n) is 4.33. The van der Waals surface area contributed by atoms with E-state index in [0.717, 1.165) is 0 Å². The number of hydrogen-bond donors (Lipinski definition) is 1. The van der Waals surface area contributed by atoms with Crippen LogP contribution in [0.5, 0.6) is 17.2 Å². The first-order valence-corrected chi connectivity index (χ1v) is 12.2. The highest BCUT2D eigenvalue weighted by molar-refractivity contribution is 6.52. The molecule has 9 heteroatoms. The molecule has 0 aromatic heterocycles. The number of carbonyl (C=O) groups excluding carboxylic acids is 2. The highest BCUT2D eigenvalue weighted by Gasteiger charge is 2.48. The van der Waals surface area contributed by atoms with Crippen LogP contribution in [0.15, 0.2) is 66.2 Å². The number of anilines is 1. The van der Waals surface area contributed by atoms with Crippen LogP contribution in [0, 0.1) is 0 Å². The van der Waals surface area contributed by atoms with Crippen molar-refractivity contribution in [1.82, 2.24) is 0 Å². The second-order valence-electron chi connectivity index (χ2n) is 8.54. The van der Waals surface area contributed by atoms with E-state index in [4.69, 9.17) is 37.4 Å². The van der Waals surface area contributed by atoms with E-state index >= 15 is 0 Å². The van der Waals surface area contributed by atoms with E-state index in [-0.39, 0.29) is 33.0 Å². The van der Waals surface area contributed by atoms with Gasteiger partial charge in [-0.1, -0.05) is 41.4 Å². The van der Waals surface area contributed by atoms with Crippen LogP contribution in [0.1, 0.15) is 31.0 Å². The Balaban J connectivity index is 1.97. The molecule has 1 aliphatic heterocycles. The van der Waals surface area contributed by atoms with Gasteiger partial charge in [-0.15, -0.1) is 0 Å². The zero-order valence-electron chi connectivity index (χ0n) is 20.6. The molecule has 1 fully saturated rings. The lowest BCUT2D eigenvalue weighted by Crippen LogP contribution is -2.29. The summed E-state index contributed by atoms with van der Waals surface area (Å²) in [6.45, 7) is 3.81. The molecule has 37 heavy (non-hydrogen) atoms. The van der Waals surface area contributed by atoms with E-state index < -0.39 is 23.5 Å². The molecule has 0 spiro atoms. The third-order valence-corrected chi connectivity index (χ3v) is 6.33. The minimum atomic E-state index is -1.02. The van der Waals surface area contributed by atoms with Crippen molar-refractivity contribution in [2.45, 2.75) is 26.0 Å². The first-order valence-electron chi connectivity index (χ1n) is 11.4. The van der Waals surface area contributed by atoms with Crippen molar-refractivity contribution in [2.75, 3.05) is 19.1 Å². The number of hydrogen-bond acceptors (Lipinski definition) is 6. The lowest BCUT2D eigenvalue weighted by Gasteiger charge is -2.27. The van der Waals surface area contributed by atoms with Crippen molar-refractivity contribution in [3.8, 4) is 17.2 Å². The molecule has 0 aliphatic carbocycles. The molecule has 1 N–H and O–H groups in total. The average molecular weight is 542 g/mol. The predicted molar refractivity (Wildman–Crippen MR) is 143 cm³/mol. The number of Topliss-reactive ketones (excluding diaryl/α,β-unsaturated/α-hetero) is 1. The third kappa shape index (κ3) is 4.97. The van der Waals surface area contributed by atoms with Gasteiger partial charge in [0.05, 0.1) is 42.5 Å². The van der Waals surface area contributed by atoms with Crippen LogP contribution in [-0.2, 0) is 9.59 Å². The topological polar surface area (TPSA) is 85.3 Å². The SMILES string of the molecule is COc1ccccc1C1/C(=C(\O)c2cc(Cl)cc(Cl)c2OC)C(=O)C(=O)N1c1ccc(OC(C)C)cc1. The highest BCUT2D eigenvalue weighted by atomic mass is 35.5. The molecule has 1 unspecified atom stereocenters. The molecule has 4 rings (SSSR count). The van der Waals surface area contributed by atoms with Gasteiger partial charge < -0.3 is 19.3 Å². The van der Waals surface area contributed by atoms with Gasteiger partial charge >= 0.3 is 0 Å². The number of methoxy groups -OCH3 is 2. The Hall–Kier alpha value is -3.68. The van der Waals surface area contributed by atoms with E-state index in [1.165, 1.54) is 31.3 Å². The third-order valence-electron chi connectivity index (χ3n) is 5.83. The van der Waals surface area contributed by atoms with Crippen molar-refractivity contribution in [3.63, 3.8) is 0 Å². The van der Waals surface area contributed by atoms with Crippen molar-refractivity contribution in [2.24, 2.45) is 0 Å². The Kier molecular flexibility index (Phi) is 7.66. The summed E-state index contributed by atoms with van der Waals surface area (Å²) in [5, 5.41) is 11.9. The maximum absolute atomic E-state index is 13.5. The van der Waals surface area contributed by atoms with Crippen LogP contribution in [0.4, 0.5) is 5.69 Å². The second kappa shape index (κ2) is 10.7. The van der Waals surface area contributed by atoms with Crippen LogP contribution in [0.25, 0.3) is 5.76 Å². The fourth-order valence-corrected chi connectivity index (χ4v) is 4.90. The Bertz CT molecular complexity index is 1380. The monoisotopic (exact) mass is 541 g/mol. The molecule has 1 atom stereocenters. The van der Waals surface area contributed by atoms with Crippen LogP contribution in [-0.4, -0.2) is 37.1 Å². The van der Waals surface area contributed by atoms with Crippen molar-refractivity contribution < 1.29 is 28.9 Å². The number of ketones is 1. The van der Waals surface area contributed by atoms with E-state index in [0.29, 0.717) is 22.7 Å². The van der Waals surface area contributed by atoms with E-state index in [2.05, 4.69) is 0 Å². The molecule has 192 valence electrons. The molecule has 0 saturated carbocycles. The summed E-state index contributed by atoms with van der Waals surface area (Å²) < 4.78 is 16.6. The summed E-state index contributed by atoms with van der Waals surface area (Å²) in [5.74, 6) is -1.01. The smallest absolute Gasteiger partial charge is 0.300 e. The lowest BCUT2D eigenvalue weighted by molar-refractivity contribution is -0.132. The first-order chi connectivity index (χ1) is 17.7. The number of para-hydroxylation sites is 1. The molecule has 0 bridgehead atoms. The largest absolute Gasteiger partial charge is 0.507 e. The van der Waals surface area contributed by atoms with Gasteiger partial charge in [0.2, 0.25) is 0 Å². The predicted octanol–water partition coefficient (Wildman–Crippen LogP) is 6.42. The Morgan fingerprint density at radius 2 is 1.65 bits per heavy atom. The number of benzene rings is 3. The molecule has 0 radical (unpaired) electrons. The second-order valence-corrected chi connectivity index (χ2v) is 9.38. The van der Waals surface area contributed by atoms with Crippen molar-refractivity contribution in [3.05, 3.63) is 87.4 Å². The number of rotatable bonds is 7. The number of aliphatic hydroxyl groups is 1. The molecule has 1 heterocycles. The average Bonchev–Trinajstić information content (AvgIpc) is 3.13. The zero-order chi connectivity index (χ0) is 26.9. The number of carbonyl (C=O) groups is 2. The molecule has 1 amide bonds. The maximum atomic E-state index is 13.5. The van der Waals surface area contributed by atoms with Crippen LogP contribution >= 0.6 is 23.2 Å². The Labute approximate surface area is 224 Å². The summed E-state index contributed by atoms with van der Waals surface area (Å²) in [6, 6.07) is 15.6. The number of halogens is 2. The summed E-state index contributed by atoms with van der Waals surface area (Å²) in [4.78, 5) is 28.3. The molecular weight excluding hydrogens is 517 g/mol. The van der Waals surface area contributed by atoms with Crippen LogP contribution in [0.3, 0.4) is 0 Å². The molecule has 1 saturated heterocycles. The number of nitrogens with zero attached hydrogens (tertiary/aromatic N) is 1. The van der Waals surface area contributed by atoms with Gasteiger partial charge in [0, 0.05) is 16.3 Å². The molecule has 3 aromatic carbocycles. The van der Waals surface area contributed by atoms with Gasteiger partial charge in [-0.05, 0) is 56.3 Å². The summed E-state index contributed by atoms with van der Waals surface area (Å²) in [7, 11) is 2.87. The van der Waals surface area contributed by atoms with Crippen molar-refractivity contribution >= 4 is 46.3 Å². The van der Waals surface area contributed by atoms with Gasteiger partial charge in [-0.2, -0.15) is 0 Å². The van der Waals surface area contributed by atoms with Crippen molar-refractivity contribution in [1.29, 1.82) is 0 Å². The lowest BCUT2D eigenvalue weighted by atomic mass is 9.94. The standard InChI is InChI=1S/C28H25Cl2NO6/c1-15(2)37-18-11-9-17(10-12-18)31-24(19-7-5-6-8-22(19)35-3)23(26(33)28(31)34)25(32)20-13-16(29)14-21(30)27(20)36-4/h5-15,24,32H,1-4H3/b25-23+. The first kappa shape index (κ1) is 26.4. The molecule has 1 aliphatic rings. The number of amides is 1. The van der Waals surface area contributed by atoms with Crippen LogP contribution < -0.4 is 19.1 Å². The minimum Gasteiger partial charge on any atom is -0.507 e. The van der Waals surface area contributed by atoms with Gasteiger partial charge in [-0.3, -0.25) is 14.5 Å². The maximum Gasteiger partial charge on any atom is 0.300 e. The van der Waals surface area contributed by atoms with E-state index in [1.54, 1.807) is 48.5 Å². The quantitative estimate of drug-likeness (QED) is 0.211. The molecular formula is C28H25Cl2NO6. The van der Waals surface area contributed by atoms with E-state index in [9.17, 15) is 14.7 Å². The van der Waals surface area contributed by atoms with Crippen LogP contribution in [0.2, 0.25) is 10.0 Å². The van der Waals surface area contributed by atoms with E-state index in [1.807, 2.05) is 13.8 Å². The Morgan fingerprint density at radius 3 is 2.27 bits per heavy atom. The van der Waals surface area contributed by atoms with Gasteiger partial charge in [0.1, 0.15) is 23.0 Å². The normalized spacial score (nSPS) is 16.8. The van der Waals surface area contributed by atoms with Gasteiger partial charge in [0.25, 0.3) is 11.7 Å². The molecule has 3 aromatic rings. The summed E-state index contributed by atoms with van der Waals surface area (Å²) in [5.41, 5.74) is 0.858.